The van der Waals surface area contributed by atoms with E-state index < -0.39 is 97.5 Å². The van der Waals surface area contributed by atoms with Gasteiger partial charge in [-0.3, -0.25) is 37.3 Å². The fourth-order valence-electron chi connectivity index (χ4n) is 10.2. The van der Waals surface area contributed by atoms with E-state index in [1.807, 2.05) is 0 Å². The quantitative estimate of drug-likeness (QED) is 0.0222. The van der Waals surface area contributed by atoms with Crippen molar-refractivity contribution in [3.8, 4) is 0 Å². The number of carbonyl (C=O) groups excluding carboxylic acids is 4. The fraction of sp³-hybridized carbons (Fsp3) is 0.941. The van der Waals surface area contributed by atoms with Crippen LogP contribution in [0.4, 0.5) is 0 Å². The number of esters is 4. The molecule has 0 aliphatic rings. The van der Waals surface area contributed by atoms with Crippen molar-refractivity contribution in [3.05, 3.63) is 0 Å². The van der Waals surface area contributed by atoms with Gasteiger partial charge in [0, 0.05) is 25.7 Å². The van der Waals surface area contributed by atoms with Crippen LogP contribution in [0.1, 0.15) is 343 Å². The van der Waals surface area contributed by atoms with Crippen LogP contribution in [0.25, 0.3) is 0 Å². The molecule has 0 aliphatic carbocycles. The molecular weight excluding hydrogens is 1150 g/mol. The smallest absolute Gasteiger partial charge is 0.462 e. The lowest BCUT2D eigenvalue weighted by Crippen LogP contribution is -2.30. The molecule has 17 nitrogen and oxygen atoms in total. The Balaban J connectivity index is 5.12. The van der Waals surface area contributed by atoms with Crippen LogP contribution < -0.4 is 0 Å². The minimum atomic E-state index is -4.95. The number of hydrogen-bond acceptors (Lipinski definition) is 15. The molecule has 0 aromatic carbocycles. The van der Waals surface area contributed by atoms with E-state index in [0.717, 1.165) is 121 Å². The second-order valence-corrected chi connectivity index (χ2v) is 28.2. The molecule has 0 spiro atoms. The number of carbonyl (C=O) groups is 4. The Hall–Kier alpha value is -1.94. The van der Waals surface area contributed by atoms with Crippen molar-refractivity contribution in [3.63, 3.8) is 0 Å². The normalized spacial score (nSPS) is 14.5. The van der Waals surface area contributed by atoms with Gasteiger partial charge in [-0.05, 0) is 37.5 Å². The highest BCUT2D eigenvalue weighted by Crippen LogP contribution is 2.45. The van der Waals surface area contributed by atoms with Gasteiger partial charge in [0.1, 0.15) is 19.3 Å². The van der Waals surface area contributed by atoms with Gasteiger partial charge in [-0.1, -0.05) is 292 Å². The molecule has 0 saturated carbocycles. The first-order valence-corrected chi connectivity index (χ1v) is 38.5. The third kappa shape index (κ3) is 61.3. The van der Waals surface area contributed by atoms with E-state index in [1.165, 1.54) is 141 Å². The third-order valence-electron chi connectivity index (χ3n) is 16.1. The lowest BCUT2D eigenvalue weighted by Gasteiger charge is -2.21. The average molecular weight is 1280 g/mol. The van der Waals surface area contributed by atoms with E-state index in [1.54, 1.807) is 0 Å². The number of aliphatic hydroxyl groups excluding tert-OH is 1. The molecule has 0 aromatic heterocycles. The van der Waals surface area contributed by atoms with E-state index in [4.69, 9.17) is 37.0 Å². The predicted octanol–water partition coefficient (Wildman–Crippen LogP) is 19.2. The highest BCUT2D eigenvalue weighted by Gasteiger charge is 2.30. The van der Waals surface area contributed by atoms with Gasteiger partial charge in [-0.2, -0.15) is 0 Å². The van der Waals surface area contributed by atoms with Gasteiger partial charge >= 0.3 is 39.5 Å². The second-order valence-electron chi connectivity index (χ2n) is 25.3. The zero-order chi connectivity index (χ0) is 64.3. The molecule has 0 saturated heterocycles. The van der Waals surface area contributed by atoms with Crippen LogP contribution in [0.5, 0.6) is 0 Å². The number of ether oxygens (including phenoxy) is 4. The third-order valence-corrected chi connectivity index (χ3v) is 18.0. The van der Waals surface area contributed by atoms with Crippen LogP contribution in [0.15, 0.2) is 0 Å². The maximum atomic E-state index is 13.0. The van der Waals surface area contributed by atoms with Crippen molar-refractivity contribution >= 4 is 39.5 Å². The predicted molar refractivity (Wildman–Crippen MR) is 349 cm³/mol. The minimum absolute atomic E-state index is 0.103. The van der Waals surface area contributed by atoms with Crippen LogP contribution in [-0.4, -0.2) is 96.7 Å². The summed E-state index contributed by atoms with van der Waals surface area (Å²) in [5, 5.41) is 10.5. The van der Waals surface area contributed by atoms with Gasteiger partial charge in [-0.15, -0.1) is 0 Å². The van der Waals surface area contributed by atoms with Crippen LogP contribution in [0, 0.1) is 11.8 Å². The highest BCUT2D eigenvalue weighted by atomic mass is 31.2. The minimum Gasteiger partial charge on any atom is -0.462 e. The van der Waals surface area contributed by atoms with Gasteiger partial charge in [0.05, 0.1) is 26.4 Å². The van der Waals surface area contributed by atoms with Crippen LogP contribution in [0.2, 0.25) is 0 Å². The van der Waals surface area contributed by atoms with E-state index >= 15 is 0 Å². The van der Waals surface area contributed by atoms with Crippen molar-refractivity contribution in [1.82, 2.24) is 0 Å². The zero-order valence-electron chi connectivity index (χ0n) is 56.3. The van der Waals surface area contributed by atoms with Gasteiger partial charge in [0.25, 0.3) is 0 Å². The number of rotatable bonds is 67. The second kappa shape index (κ2) is 60.3. The van der Waals surface area contributed by atoms with Gasteiger partial charge in [-0.25, -0.2) is 9.13 Å². The Morgan fingerprint density at radius 3 is 0.874 bits per heavy atom. The number of phosphoric ester groups is 2. The molecular formula is C68H132O17P2. The van der Waals surface area contributed by atoms with E-state index in [2.05, 4.69) is 41.5 Å². The van der Waals surface area contributed by atoms with Crippen molar-refractivity contribution in [2.45, 2.75) is 362 Å². The van der Waals surface area contributed by atoms with Crippen molar-refractivity contribution in [2.75, 3.05) is 39.6 Å². The molecule has 0 bridgehead atoms. The molecule has 0 aliphatic heterocycles. The maximum Gasteiger partial charge on any atom is 0.472 e. The topological polar surface area (TPSA) is 237 Å². The first kappa shape index (κ1) is 85.1. The number of hydrogen-bond donors (Lipinski definition) is 3. The Morgan fingerprint density at radius 1 is 0.333 bits per heavy atom. The molecule has 0 radical (unpaired) electrons. The Bertz CT molecular complexity index is 1700. The Labute approximate surface area is 530 Å². The summed E-state index contributed by atoms with van der Waals surface area (Å²) in [5.41, 5.74) is 0. The molecule has 0 heterocycles. The summed E-state index contributed by atoms with van der Waals surface area (Å²) in [4.78, 5) is 72.0. The molecule has 3 N–H and O–H groups in total. The molecule has 0 amide bonds. The summed E-state index contributed by atoms with van der Waals surface area (Å²) < 4.78 is 67.8. The lowest BCUT2D eigenvalue weighted by atomic mass is 9.99. The molecule has 0 aromatic rings. The summed E-state index contributed by atoms with van der Waals surface area (Å²) in [5.74, 6) is -0.498. The molecule has 516 valence electrons. The maximum absolute atomic E-state index is 13.0. The number of unbranched alkanes of at least 4 members (excludes halogenated alkanes) is 36. The lowest BCUT2D eigenvalue weighted by molar-refractivity contribution is -0.161. The first-order valence-electron chi connectivity index (χ1n) is 35.5. The van der Waals surface area contributed by atoms with Gasteiger partial charge in [0.15, 0.2) is 12.2 Å². The molecule has 87 heavy (non-hydrogen) atoms. The summed E-state index contributed by atoms with van der Waals surface area (Å²) in [6.45, 7) is 9.48. The Kier molecular flexibility index (Phi) is 59.0. The van der Waals surface area contributed by atoms with Crippen molar-refractivity contribution in [2.24, 2.45) is 11.8 Å². The highest BCUT2D eigenvalue weighted by molar-refractivity contribution is 7.47. The van der Waals surface area contributed by atoms with Crippen molar-refractivity contribution < 1.29 is 80.2 Å². The summed E-state index contributed by atoms with van der Waals surface area (Å²) in [6.07, 6.45) is 45.0. The zero-order valence-corrected chi connectivity index (χ0v) is 58.1. The SMILES string of the molecule is CCCCCCCCCC(=O)O[C@H](COC(=O)CCCCCCC)COP(=O)(O)OC[C@H](O)COP(=O)(O)OC[C@@H](COC(=O)CCCCCCCCCCCCCCCCC(C)C)OC(=O)CCCCCCCCCCCCCCCCC(C)CC. The van der Waals surface area contributed by atoms with E-state index in [9.17, 15) is 43.2 Å². The van der Waals surface area contributed by atoms with Gasteiger partial charge < -0.3 is 33.8 Å². The average Bonchev–Trinajstić information content (AvgIpc) is 3.71. The number of aliphatic hydroxyl groups is 1. The largest absolute Gasteiger partial charge is 0.472 e. The standard InChI is InChI=1S/C68H132O17P2/c1-7-10-12-14-31-40-46-52-67(72)84-63(56-78-65(70)50-44-36-13-11-8-2)58-82-86(74,75)80-54-62(69)55-81-87(76,77)83-59-64(57-79-66(71)51-45-39-34-29-25-21-17-15-19-23-27-32-37-42-48-60(4)5)85-68(73)53-47-41-35-30-26-22-18-16-20-24-28-33-38-43-49-61(6)9-3/h60-64,69H,7-59H2,1-6H3,(H,74,75)(H,76,77)/t61?,62-,63+,64+/m0/s1. The summed E-state index contributed by atoms with van der Waals surface area (Å²) >= 11 is 0. The molecule has 0 rings (SSSR count). The molecule has 6 atom stereocenters. The molecule has 0 fully saturated rings. The first-order chi connectivity index (χ1) is 41.9. The van der Waals surface area contributed by atoms with E-state index in [0.29, 0.717) is 25.7 Å². The fourth-order valence-corrected chi connectivity index (χ4v) is 11.8. The summed E-state index contributed by atoms with van der Waals surface area (Å²) in [7, 11) is -9.88. The monoisotopic (exact) mass is 1280 g/mol. The van der Waals surface area contributed by atoms with E-state index in [-0.39, 0.29) is 25.7 Å². The number of phosphoric acid groups is 2. The summed E-state index contributed by atoms with van der Waals surface area (Å²) in [6, 6.07) is 0. The van der Waals surface area contributed by atoms with Crippen molar-refractivity contribution in [1.29, 1.82) is 0 Å². The van der Waals surface area contributed by atoms with Crippen LogP contribution in [0.3, 0.4) is 0 Å². The van der Waals surface area contributed by atoms with Gasteiger partial charge in [0.2, 0.25) is 0 Å². The molecule has 19 heteroatoms. The van der Waals surface area contributed by atoms with Crippen LogP contribution >= 0.6 is 15.6 Å². The molecule has 3 unspecified atom stereocenters. The Morgan fingerprint density at radius 2 is 0.586 bits per heavy atom. The van der Waals surface area contributed by atoms with Crippen LogP contribution in [-0.2, 0) is 65.4 Å².